The first-order valence-electron chi connectivity index (χ1n) is 14.2. The molecule has 0 spiro atoms. The number of furan rings is 1. The molecule has 0 aliphatic rings. The summed E-state index contributed by atoms with van der Waals surface area (Å²) in [7, 11) is 0. The van der Waals surface area contributed by atoms with Crippen molar-refractivity contribution in [1.82, 2.24) is 0 Å². The number of aliphatic hydroxyl groups excluding tert-OH is 3. The molecule has 3 aromatic rings. The van der Waals surface area contributed by atoms with E-state index in [2.05, 4.69) is 4.74 Å². The summed E-state index contributed by atoms with van der Waals surface area (Å²) in [5.74, 6) is 0.122. The zero-order chi connectivity index (χ0) is 32.0. The lowest BCUT2D eigenvalue weighted by atomic mass is 9.87. The van der Waals surface area contributed by atoms with Gasteiger partial charge in [0.25, 0.3) is 0 Å². The summed E-state index contributed by atoms with van der Waals surface area (Å²) < 4.78 is 61.1. The summed E-state index contributed by atoms with van der Waals surface area (Å²) in [5.41, 5.74) is 12.2. The van der Waals surface area contributed by atoms with Crippen molar-refractivity contribution in [3.05, 3.63) is 48.0 Å². The van der Waals surface area contributed by atoms with Crippen LogP contribution in [0, 0.1) is 0 Å². The Morgan fingerprint density at radius 2 is 1.63 bits per heavy atom. The zero-order valence-corrected chi connectivity index (χ0v) is 25.0. The molecule has 7 N–H and O–H groups in total. The van der Waals surface area contributed by atoms with Gasteiger partial charge in [-0.1, -0.05) is 6.07 Å². The van der Waals surface area contributed by atoms with E-state index in [9.17, 15) is 23.4 Å². The number of benzene rings is 2. The Morgan fingerprint density at radius 3 is 2.26 bits per heavy atom. The van der Waals surface area contributed by atoms with E-state index in [-0.39, 0.29) is 37.6 Å². The van der Waals surface area contributed by atoms with Crippen LogP contribution in [0.5, 0.6) is 11.5 Å². The second kappa shape index (κ2) is 14.3. The van der Waals surface area contributed by atoms with E-state index in [4.69, 9.17) is 30.5 Å². The largest absolute Gasteiger partial charge is 0.573 e. The maximum Gasteiger partial charge on any atom is 0.573 e. The number of rotatable bonds is 16. The van der Waals surface area contributed by atoms with Crippen molar-refractivity contribution in [2.24, 2.45) is 11.5 Å². The molecule has 0 bridgehead atoms. The van der Waals surface area contributed by atoms with Gasteiger partial charge in [0.15, 0.2) is 0 Å². The highest BCUT2D eigenvalue weighted by molar-refractivity contribution is 5.85. The van der Waals surface area contributed by atoms with E-state index in [0.29, 0.717) is 41.5 Å². The van der Waals surface area contributed by atoms with Crippen molar-refractivity contribution in [2.45, 2.75) is 89.1 Å². The first-order valence-corrected chi connectivity index (χ1v) is 14.2. The first kappa shape index (κ1) is 34.6. The van der Waals surface area contributed by atoms with Crippen LogP contribution < -0.4 is 20.9 Å². The molecule has 0 amide bonds. The minimum absolute atomic E-state index is 0.00678. The fourth-order valence-electron chi connectivity index (χ4n) is 4.54. The quantitative estimate of drug-likeness (QED) is 0.155. The Balaban J connectivity index is 1.64. The molecule has 0 saturated carbocycles. The average molecular weight is 613 g/mol. The Hall–Kier alpha value is -2.87. The van der Waals surface area contributed by atoms with Crippen molar-refractivity contribution in [1.29, 1.82) is 0 Å². The number of hydrogen-bond acceptors (Lipinski definition) is 9. The SMILES string of the molecule is CC(C)(N)CC(OCC(O)CC(O)COc1ccc2cc(-c3ccc(CCCO)cc3OC(F)(F)F)oc2c1)C(C)(C)N. The highest BCUT2D eigenvalue weighted by atomic mass is 19.4. The monoisotopic (exact) mass is 612 g/mol. The van der Waals surface area contributed by atoms with Crippen molar-refractivity contribution in [2.75, 3.05) is 19.8 Å². The van der Waals surface area contributed by atoms with Gasteiger partial charge in [-0.3, -0.25) is 0 Å². The Bertz CT molecular complexity index is 1320. The third-order valence-corrected chi connectivity index (χ3v) is 6.67. The fraction of sp³-hybridized carbons (Fsp3) is 0.548. The second-order valence-electron chi connectivity index (χ2n) is 12.2. The lowest BCUT2D eigenvalue weighted by Crippen LogP contribution is -2.52. The van der Waals surface area contributed by atoms with Gasteiger partial charge in [-0.2, -0.15) is 0 Å². The van der Waals surface area contributed by atoms with Crippen LogP contribution in [-0.4, -0.2) is 70.9 Å². The number of fused-ring (bicyclic) bond motifs is 1. The topological polar surface area (TPSA) is 154 Å². The summed E-state index contributed by atoms with van der Waals surface area (Å²) in [4.78, 5) is 0. The van der Waals surface area contributed by atoms with E-state index in [1.807, 2.05) is 27.7 Å². The van der Waals surface area contributed by atoms with Gasteiger partial charge >= 0.3 is 6.36 Å². The fourth-order valence-corrected chi connectivity index (χ4v) is 4.54. The lowest BCUT2D eigenvalue weighted by Gasteiger charge is -2.35. The average Bonchev–Trinajstić information content (AvgIpc) is 3.29. The smallest absolute Gasteiger partial charge is 0.491 e. The van der Waals surface area contributed by atoms with Gasteiger partial charge in [0.1, 0.15) is 29.4 Å². The van der Waals surface area contributed by atoms with Crippen molar-refractivity contribution < 1.29 is 47.1 Å². The van der Waals surface area contributed by atoms with Crippen molar-refractivity contribution in [3.63, 3.8) is 0 Å². The summed E-state index contributed by atoms with van der Waals surface area (Å²) >= 11 is 0. The van der Waals surface area contributed by atoms with E-state index < -0.39 is 41.5 Å². The van der Waals surface area contributed by atoms with Crippen LogP contribution in [0.2, 0.25) is 0 Å². The van der Waals surface area contributed by atoms with Crippen molar-refractivity contribution in [3.8, 4) is 22.8 Å². The van der Waals surface area contributed by atoms with Gasteiger partial charge in [0, 0.05) is 35.6 Å². The molecule has 3 atom stereocenters. The van der Waals surface area contributed by atoms with Gasteiger partial charge in [-0.15, -0.1) is 13.2 Å². The van der Waals surface area contributed by atoms with E-state index in [1.165, 1.54) is 12.1 Å². The Labute approximate surface area is 249 Å². The number of ether oxygens (including phenoxy) is 3. The molecule has 43 heavy (non-hydrogen) atoms. The van der Waals surface area contributed by atoms with Crippen LogP contribution in [-0.2, 0) is 11.2 Å². The molecule has 1 heterocycles. The van der Waals surface area contributed by atoms with Crippen LogP contribution >= 0.6 is 0 Å². The standard InChI is InChI=1S/C31H43F3N2O7/c1-29(2,35)16-28(30(3,4)36)41-18-22(39)14-21(38)17-40-23-9-8-20-13-26(42-25(20)15-23)24-10-7-19(6-5-11-37)12-27(24)43-31(32,33)34/h7-10,12-13,15,21-22,28,37-39H,5-6,11,14,16-18,35-36H2,1-4H3. The molecule has 0 fully saturated rings. The number of aliphatic hydroxyl groups is 3. The van der Waals surface area contributed by atoms with Gasteiger partial charge < -0.3 is 45.4 Å². The van der Waals surface area contributed by atoms with Crippen LogP contribution in [0.3, 0.4) is 0 Å². The zero-order valence-electron chi connectivity index (χ0n) is 25.0. The summed E-state index contributed by atoms with van der Waals surface area (Å²) in [5, 5.41) is 30.5. The van der Waals surface area contributed by atoms with E-state index in [0.717, 1.165) is 0 Å². The molecular weight excluding hydrogens is 569 g/mol. The molecule has 1 aromatic heterocycles. The highest BCUT2D eigenvalue weighted by Crippen LogP contribution is 2.38. The van der Waals surface area contributed by atoms with Crippen LogP contribution in [0.15, 0.2) is 46.9 Å². The van der Waals surface area contributed by atoms with Crippen LogP contribution in [0.25, 0.3) is 22.3 Å². The van der Waals surface area contributed by atoms with Gasteiger partial charge in [0.05, 0.1) is 30.5 Å². The molecular formula is C31H43F3N2O7. The van der Waals surface area contributed by atoms with E-state index in [1.54, 1.807) is 30.3 Å². The maximum absolute atomic E-state index is 13.1. The molecule has 0 aliphatic carbocycles. The minimum Gasteiger partial charge on any atom is -0.491 e. The Kier molecular flexibility index (Phi) is 11.5. The third-order valence-electron chi connectivity index (χ3n) is 6.67. The number of halogens is 3. The molecule has 0 radical (unpaired) electrons. The summed E-state index contributed by atoms with van der Waals surface area (Å²) in [6.45, 7) is 7.13. The molecule has 3 unspecified atom stereocenters. The molecule has 0 saturated heterocycles. The number of aryl methyl sites for hydroxylation is 1. The first-order chi connectivity index (χ1) is 19.9. The predicted octanol–water partition coefficient (Wildman–Crippen LogP) is 4.66. The molecule has 3 rings (SSSR count). The summed E-state index contributed by atoms with van der Waals surface area (Å²) in [6.07, 6.45) is -6.01. The molecule has 2 aromatic carbocycles. The molecule has 240 valence electrons. The van der Waals surface area contributed by atoms with E-state index >= 15 is 0 Å². The molecule has 0 aliphatic heterocycles. The number of nitrogens with two attached hydrogens (primary N) is 2. The van der Waals surface area contributed by atoms with Crippen molar-refractivity contribution >= 4 is 11.0 Å². The van der Waals surface area contributed by atoms with Crippen LogP contribution in [0.1, 0.15) is 52.5 Å². The lowest BCUT2D eigenvalue weighted by molar-refractivity contribution is -0.274. The third kappa shape index (κ3) is 11.3. The van der Waals surface area contributed by atoms with Gasteiger partial charge in [-0.05, 0) is 82.9 Å². The predicted molar refractivity (Wildman–Crippen MR) is 157 cm³/mol. The number of alkyl halides is 3. The normalized spacial score (nSPS) is 15.0. The van der Waals surface area contributed by atoms with Gasteiger partial charge in [0.2, 0.25) is 0 Å². The molecule has 12 heteroatoms. The minimum atomic E-state index is -4.90. The maximum atomic E-state index is 13.1. The number of hydrogen-bond donors (Lipinski definition) is 5. The second-order valence-corrected chi connectivity index (χ2v) is 12.2. The van der Waals surface area contributed by atoms with Gasteiger partial charge in [-0.25, -0.2) is 0 Å². The summed E-state index contributed by atoms with van der Waals surface area (Å²) in [6, 6.07) is 10.9. The van der Waals surface area contributed by atoms with Crippen LogP contribution in [0.4, 0.5) is 13.2 Å². The highest BCUT2D eigenvalue weighted by Gasteiger charge is 2.33. The molecule has 9 nitrogen and oxygen atoms in total. The Morgan fingerprint density at radius 1 is 0.930 bits per heavy atom.